The fourth-order valence-corrected chi connectivity index (χ4v) is 2.28. The summed E-state index contributed by atoms with van der Waals surface area (Å²) in [4.78, 5) is 22.3. The van der Waals surface area contributed by atoms with E-state index in [9.17, 15) is 9.59 Å². The molecule has 64 valence electrons. The van der Waals surface area contributed by atoms with E-state index in [0.29, 0.717) is 0 Å². The van der Waals surface area contributed by atoms with Gasteiger partial charge in [0.05, 0.1) is 11.8 Å². The van der Waals surface area contributed by atoms with Crippen molar-refractivity contribution in [2.24, 2.45) is 5.92 Å². The zero-order valence-electron chi connectivity index (χ0n) is 6.55. The van der Waals surface area contributed by atoms with E-state index in [1.54, 1.807) is 6.08 Å². The molecular formula is C9H9ClO2. The van der Waals surface area contributed by atoms with Crippen LogP contribution in [0.15, 0.2) is 11.6 Å². The molecule has 2 rings (SSSR count). The summed E-state index contributed by atoms with van der Waals surface area (Å²) in [5, 5.41) is -0.0804. The Bertz CT molecular complexity index is 280. The topological polar surface area (TPSA) is 34.1 Å². The summed E-state index contributed by atoms with van der Waals surface area (Å²) in [5.41, 5.74) is 0.859. The van der Waals surface area contributed by atoms with E-state index >= 15 is 0 Å². The van der Waals surface area contributed by atoms with Gasteiger partial charge in [-0.15, -0.1) is 11.6 Å². The standard InChI is InChI=1S/C9H9ClO2/c10-8-2-1-6-7(8)3-5(11)4-9(6)12/h3,6,8H,1-2,4H2/t6?,8-/m0/s1. The molecule has 2 atom stereocenters. The van der Waals surface area contributed by atoms with Gasteiger partial charge in [0.25, 0.3) is 0 Å². The van der Waals surface area contributed by atoms with Crippen molar-refractivity contribution in [3.63, 3.8) is 0 Å². The highest BCUT2D eigenvalue weighted by molar-refractivity contribution is 6.24. The van der Waals surface area contributed by atoms with Crippen LogP contribution in [0.1, 0.15) is 19.3 Å². The molecule has 12 heavy (non-hydrogen) atoms. The number of fused-ring (bicyclic) bond motifs is 1. The van der Waals surface area contributed by atoms with Crippen LogP contribution in [0, 0.1) is 5.92 Å². The highest BCUT2D eigenvalue weighted by Gasteiger charge is 2.37. The average molecular weight is 185 g/mol. The van der Waals surface area contributed by atoms with Gasteiger partial charge in [0.2, 0.25) is 0 Å². The van der Waals surface area contributed by atoms with Crippen molar-refractivity contribution in [1.82, 2.24) is 0 Å². The minimum Gasteiger partial charge on any atom is -0.299 e. The number of carbonyl (C=O) groups is 2. The second-order valence-corrected chi connectivity index (χ2v) is 3.88. The minimum absolute atomic E-state index is 0.0369. The first-order valence-corrected chi connectivity index (χ1v) is 4.53. The number of hydrogen-bond acceptors (Lipinski definition) is 2. The average Bonchev–Trinajstić information content (AvgIpc) is 2.33. The number of alkyl halides is 1. The number of allylic oxidation sites excluding steroid dienone is 2. The molecule has 0 heterocycles. The molecular weight excluding hydrogens is 176 g/mol. The Morgan fingerprint density at radius 1 is 1.33 bits per heavy atom. The molecule has 1 saturated carbocycles. The third-order valence-corrected chi connectivity index (χ3v) is 3.01. The molecule has 1 fully saturated rings. The molecule has 0 radical (unpaired) electrons. The van der Waals surface area contributed by atoms with Gasteiger partial charge < -0.3 is 0 Å². The lowest BCUT2D eigenvalue weighted by Gasteiger charge is -2.15. The summed E-state index contributed by atoms with van der Waals surface area (Å²) in [5.74, 6) is -0.0651. The summed E-state index contributed by atoms with van der Waals surface area (Å²) in [6.45, 7) is 0. The molecule has 0 spiro atoms. The first-order chi connectivity index (χ1) is 5.68. The maximum atomic E-state index is 11.3. The van der Waals surface area contributed by atoms with Gasteiger partial charge in [0.1, 0.15) is 5.78 Å². The van der Waals surface area contributed by atoms with Crippen LogP contribution in [-0.4, -0.2) is 16.9 Å². The lowest BCUT2D eigenvalue weighted by atomic mass is 9.88. The van der Waals surface area contributed by atoms with Gasteiger partial charge in [-0.25, -0.2) is 0 Å². The molecule has 1 unspecified atom stereocenters. The van der Waals surface area contributed by atoms with Gasteiger partial charge in [0, 0.05) is 5.92 Å². The first kappa shape index (κ1) is 7.99. The number of halogens is 1. The van der Waals surface area contributed by atoms with Gasteiger partial charge in [0.15, 0.2) is 5.78 Å². The van der Waals surface area contributed by atoms with E-state index in [1.165, 1.54) is 0 Å². The van der Waals surface area contributed by atoms with Gasteiger partial charge in [-0.05, 0) is 24.5 Å². The lowest BCUT2D eigenvalue weighted by Crippen LogP contribution is -2.23. The van der Waals surface area contributed by atoms with E-state index in [4.69, 9.17) is 11.6 Å². The van der Waals surface area contributed by atoms with E-state index in [-0.39, 0.29) is 29.3 Å². The fraction of sp³-hybridized carbons (Fsp3) is 0.556. The molecule has 2 aliphatic carbocycles. The molecule has 0 aromatic rings. The number of Topliss-reactive ketones (excluding diaryl/α,β-unsaturated/α-hetero) is 1. The zero-order chi connectivity index (χ0) is 8.72. The molecule has 0 aromatic carbocycles. The predicted molar refractivity (Wildman–Crippen MR) is 45.1 cm³/mol. The minimum atomic E-state index is -0.0844. The molecule has 2 nitrogen and oxygen atoms in total. The second-order valence-electron chi connectivity index (χ2n) is 3.35. The van der Waals surface area contributed by atoms with Crippen molar-refractivity contribution in [1.29, 1.82) is 0 Å². The molecule has 0 saturated heterocycles. The Hall–Kier alpha value is -0.630. The smallest absolute Gasteiger partial charge is 0.163 e. The van der Waals surface area contributed by atoms with Crippen molar-refractivity contribution in [3.8, 4) is 0 Å². The predicted octanol–water partition coefficient (Wildman–Crippen LogP) is 1.47. The molecule has 0 amide bonds. The Kier molecular flexibility index (Phi) is 1.80. The van der Waals surface area contributed by atoms with E-state index in [2.05, 4.69) is 0 Å². The number of rotatable bonds is 0. The Labute approximate surface area is 75.6 Å². The van der Waals surface area contributed by atoms with Crippen LogP contribution >= 0.6 is 11.6 Å². The normalized spacial score (nSPS) is 34.9. The number of carbonyl (C=O) groups excluding carboxylic acids is 2. The van der Waals surface area contributed by atoms with Crippen LogP contribution in [0.5, 0.6) is 0 Å². The van der Waals surface area contributed by atoms with Gasteiger partial charge in [-0.1, -0.05) is 0 Å². The Morgan fingerprint density at radius 2 is 2.08 bits per heavy atom. The largest absolute Gasteiger partial charge is 0.299 e. The Morgan fingerprint density at radius 3 is 2.83 bits per heavy atom. The highest BCUT2D eigenvalue weighted by atomic mass is 35.5. The molecule has 3 heteroatoms. The Balaban J connectivity index is 2.37. The summed E-state index contributed by atoms with van der Waals surface area (Å²) in [6, 6.07) is 0. The molecule has 0 N–H and O–H groups in total. The highest BCUT2D eigenvalue weighted by Crippen LogP contribution is 2.38. The summed E-state index contributed by atoms with van der Waals surface area (Å²) in [6.07, 6.45) is 3.30. The van der Waals surface area contributed by atoms with Crippen LogP contribution in [0.2, 0.25) is 0 Å². The lowest BCUT2D eigenvalue weighted by molar-refractivity contribution is -0.127. The van der Waals surface area contributed by atoms with E-state index < -0.39 is 0 Å². The van der Waals surface area contributed by atoms with Crippen molar-refractivity contribution in [2.45, 2.75) is 24.6 Å². The third kappa shape index (κ3) is 1.11. The zero-order valence-corrected chi connectivity index (χ0v) is 7.30. The maximum Gasteiger partial charge on any atom is 0.163 e. The fourth-order valence-electron chi connectivity index (χ4n) is 1.93. The van der Waals surface area contributed by atoms with Crippen LogP contribution < -0.4 is 0 Å². The van der Waals surface area contributed by atoms with Crippen LogP contribution in [-0.2, 0) is 9.59 Å². The summed E-state index contributed by atoms with van der Waals surface area (Å²) >= 11 is 5.94. The second kappa shape index (κ2) is 2.70. The van der Waals surface area contributed by atoms with Crippen LogP contribution in [0.4, 0.5) is 0 Å². The van der Waals surface area contributed by atoms with Crippen molar-refractivity contribution >= 4 is 23.2 Å². The van der Waals surface area contributed by atoms with E-state index in [1.807, 2.05) is 0 Å². The monoisotopic (exact) mass is 184 g/mol. The molecule has 0 bridgehead atoms. The van der Waals surface area contributed by atoms with Gasteiger partial charge in [-0.2, -0.15) is 0 Å². The maximum absolute atomic E-state index is 11.3. The van der Waals surface area contributed by atoms with Gasteiger partial charge >= 0.3 is 0 Å². The summed E-state index contributed by atoms with van der Waals surface area (Å²) < 4.78 is 0. The quantitative estimate of drug-likeness (QED) is 0.422. The number of hydrogen-bond donors (Lipinski definition) is 0. The van der Waals surface area contributed by atoms with E-state index in [0.717, 1.165) is 18.4 Å². The van der Waals surface area contributed by atoms with Gasteiger partial charge in [-0.3, -0.25) is 9.59 Å². The third-order valence-electron chi connectivity index (χ3n) is 2.54. The van der Waals surface area contributed by atoms with Crippen molar-refractivity contribution in [2.75, 3.05) is 0 Å². The SMILES string of the molecule is O=C1C=C2C(CC[C@@H]2Cl)C(=O)C1. The van der Waals surface area contributed by atoms with Crippen molar-refractivity contribution in [3.05, 3.63) is 11.6 Å². The van der Waals surface area contributed by atoms with Crippen molar-refractivity contribution < 1.29 is 9.59 Å². The van der Waals surface area contributed by atoms with Crippen LogP contribution in [0.25, 0.3) is 0 Å². The first-order valence-electron chi connectivity index (χ1n) is 4.09. The molecule has 0 aromatic heterocycles. The molecule has 0 aliphatic heterocycles. The summed E-state index contributed by atoms with van der Waals surface area (Å²) in [7, 11) is 0. The molecule has 2 aliphatic rings. The van der Waals surface area contributed by atoms with Crippen LogP contribution in [0.3, 0.4) is 0 Å². The number of ketones is 2.